The molecule has 0 bridgehead atoms. The summed E-state index contributed by atoms with van der Waals surface area (Å²) in [6, 6.07) is 11.3. The van der Waals surface area contributed by atoms with Gasteiger partial charge in [-0.1, -0.05) is 23.7 Å². The SMILES string of the molecule is Cn1nc(Cc2ccc(Cl)cc2)n(-n2cccc2)c1=O. The minimum atomic E-state index is -0.176. The molecule has 3 aromatic rings. The Labute approximate surface area is 120 Å². The third-order valence-corrected chi connectivity index (χ3v) is 3.32. The normalized spacial score (nSPS) is 10.9. The Balaban J connectivity index is 2.04. The lowest BCUT2D eigenvalue weighted by molar-refractivity contribution is 0.596. The van der Waals surface area contributed by atoms with Crippen LogP contribution in [0.3, 0.4) is 0 Å². The number of aromatic nitrogens is 4. The molecule has 0 saturated heterocycles. The third kappa shape index (κ3) is 2.28. The first-order valence-electron chi connectivity index (χ1n) is 6.18. The van der Waals surface area contributed by atoms with Crippen LogP contribution in [0.5, 0.6) is 0 Å². The van der Waals surface area contributed by atoms with E-state index < -0.39 is 0 Å². The van der Waals surface area contributed by atoms with Crippen molar-refractivity contribution in [1.82, 2.24) is 19.1 Å². The van der Waals surface area contributed by atoms with Gasteiger partial charge in [-0.3, -0.25) is 4.68 Å². The van der Waals surface area contributed by atoms with E-state index in [2.05, 4.69) is 5.10 Å². The quantitative estimate of drug-likeness (QED) is 0.739. The molecule has 0 N–H and O–H groups in total. The zero-order valence-electron chi connectivity index (χ0n) is 10.9. The number of aryl methyl sites for hydroxylation is 1. The van der Waals surface area contributed by atoms with Crippen LogP contribution < -0.4 is 5.69 Å². The van der Waals surface area contributed by atoms with E-state index in [0.717, 1.165) is 5.56 Å². The number of halogens is 1. The van der Waals surface area contributed by atoms with E-state index in [4.69, 9.17) is 11.6 Å². The molecule has 3 rings (SSSR count). The van der Waals surface area contributed by atoms with Gasteiger partial charge >= 0.3 is 5.69 Å². The Morgan fingerprint density at radius 2 is 1.80 bits per heavy atom. The van der Waals surface area contributed by atoms with Gasteiger partial charge < -0.3 is 0 Å². The molecular weight excluding hydrogens is 276 g/mol. The predicted molar refractivity (Wildman–Crippen MR) is 77.0 cm³/mol. The highest BCUT2D eigenvalue weighted by Crippen LogP contribution is 2.12. The van der Waals surface area contributed by atoms with Gasteiger partial charge in [0.15, 0.2) is 5.82 Å². The highest BCUT2D eigenvalue weighted by atomic mass is 35.5. The smallest absolute Gasteiger partial charge is 0.258 e. The predicted octanol–water partition coefficient (Wildman–Crippen LogP) is 1.94. The van der Waals surface area contributed by atoms with Gasteiger partial charge in [0.1, 0.15) is 0 Å². The Hall–Kier alpha value is -2.27. The van der Waals surface area contributed by atoms with Crippen molar-refractivity contribution in [3.8, 4) is 0 Å². The minimum absolute atomic E-state index is 0.176. The van der Waals surface area contributed by atoms with Crippen molar-refractivity contribution in [2.45, 2.75) is 6.42 Å². The summed E-state index contributed by atoms with van der Waals surface area (Å²) in [5, 5.41) is 4.99. The molecule has 2 heterocycles. The number of rotatable bonds is 3. The lowest BCUT2D eigenvalue weighted by Crippen LogP contribution is -2.27. The van der Waals surface area contributed by atoms with E-state index in [1.165, 1.54) is 4.68 Å². The molecule has 0 atom stereocenters. The molecule has 0 aliphatic heterocycles. The van der Waals surface area contributed by atoms with Crippen molar-refractivity contribution in [1.29, 1.82) is 0 Å². The average Bonchev–Trinajstić information content (AvgIpc) is 3.02. The maximum Gasteiger partial charge on any atom is 0.365 e. The number of hydrogen-bond donors (Lipinski definition) is 0. The fourth-order valence-corrected chi connectivity index (χ4v) is 2.22. The van der Waals surface area contributed by atoms with Crippen LogP contribution >= 0.6 is 11.6 Å². The lowest BCUT2D eigenvalue weighted by atomic mass is 10.1. The van der Waals surface area contributed by atoms with Crippen LogP contribution in [0.25, 0.3) is 0 Å². The highest BCUT2D eigenvalue weighted by Gasteiger charge is 2.12. The van der Waals surface area contributed by atoms with Gasteiger partial charge in [-0.05, 0) is 29.8 Å². The number of nitrogens with zero attached hydrogens (tertiary/aromatic N) is 4. The van der Waals surface area contributed by atoms with Crippen molar-refractivity contribution in [3.63, 3.8) is 0 Å². The molecule has 0 unspecified atom stereocenters. The third-order valence-electron chi connectivity index (χ3n) is 3.06. The number of hydrogen-bond acceptors (Lipinski definition) is 2. The maximum absolute atomic E-state index is 12.2. The van der Waals surface area contributed by atoms with E-state index in [0.29, 0.717) is 17.3 Å². The second-order valence-electron chi connectivity index (χ2n) is 4.50. The van der Waals surface area contributed by atoms with Gasteiger partial charge in [-0.15, -0.1) is 0 Å². The van der Waals surface area contributed by atoms with Crippen molar-refractivity contribution < 1.29 is 0 Å². The van der Waals surface area contributed by atoms with E-state index in [1.807, 2.05) is 48.8 Å². The van der Waals surface area contributed by atoms with Crippen LogP contribution in [-0.4, -0.2) is 19.1 Å². The van der Waals surface area contributed by atoms with Gasteiger partial charge in [0.05, 0.1) is 0 Å². The van der Waals surface area contributed by atoms with Gasteiger partial charge in [0.25, 0.3) is 0 Å². The molecule has 0 amide bonds. The molecule has 0 radical (unpaired) electrons. The largest absolute Gasteiger partial charge is 0.365 e. The number of benzene rings is 1. The second kappa shape index (κ2) is 5.02. The Morgan fingerprint density at radius 3 is 2.45 bits per heavy atom. The van der Waals surface area contributed by atoms with Gasteiger partial charge in [0, 0.05) is 30.9 Å². The Morgan fingerprint density at radius 1 is 1.15 bits per heavy atom. The van der Waals surface area contributed by atoms with Crippen molar-refractivity contribution in [2.24, 2.45) is 7.05 Å². The summed E-state index contributed by atoms with van der Waals surface area (Å²) in [5.41, 5.74) is 0.874. The molecule has 0 saturated carbocycles. The highest BCUT2D eigenvalue weighted by molar-refractivity contribution is 6.30. The summed E-state index contributed by atoms with van der Waals surface area (Å²) in [4.78, 5) is 12.2. The fourth-order valence-electron chi connectivity index (χ4n) is 2.09. The lowest BCUT2D eigenvalue weighted by Gasteiger charge is -2.06. The zero-order valence-corrected chi connectivity index (χ0v) is 11.7. The summed E-state index contributed by atoms with van der Waals surface area (Å²) in [7, 11) is 1.65. The Bertz CT molecular complexity index is 769. The average molecular weight is 289 g/mol. The molecule has 0 aliphatic carbocycles. The van der Waals surface area contributed by atoms with Crippen molar-refractivity contribution in [3.05, 3.63) is 75.7 Å². The molecular formula is C14H13ClN4O. The first kappa shape index (κ1) is 12.7. The second-order valence-corrected chi connectivity index (χ2v) is 4.94. The standard InChI is InChI=1S/C14H13ClN4O/c1-17-14(20)19(18-8-2-3-9-18)13(16-17)10-11-4-6-12(15)7-5-11/h2-9H,10H2,1H3. The maximum atomic E-state index is 12.2. The van der Waals surface area contributed by atoms with Crippen molar-refractivity contribution >= 4 is 11.6 Å². The van der Waals surface area contributed by atoms with Gasteiger partial charge in [0.2, 0.25) is 0 Å². The van der Waals surface area contributed by atoms with E-state index in [9.17, 15) is 4.79 Å². The van der Waals surface area contributed by atoms with Gasteiger partial charge in [-0.25, -0.2) is 9.48 Å². The first-order chi connectivity index (χ1) is 9.65. The fraction of sp³-hybridized carbons (Fsp3) is 0.143. The molecule has 6 heteroatoms. The van der Waals surface area contributed by atoms with E-state index >= 15 is 0 Å². The Kier molecular flexibility index (Phi) is 3.20. The van der Waals surface area contributed by atoms with Crippen LogP contribution in [0.15, 0.2) is 53.6 Å². The van der Waals surface area contributed by atoms with Crippen molar-refractivity contribution in [2.75, 3.05) is 0 Å². The van der Waals surface area contributed by atoms with Crippen LogP contribution in [0.4, 0.5) is 0 Å². The molecule has 2 aromatic heterocycles. The molecule has 1 aromatic carbocycles. The summed E-state index contributed by atoms with van der Waals surface area (Å²) < 4.78 is 4.61. The molecule has 0 fully saturated rings. The van der Waals surface area contributed by atoms with E-state index in [1.54, 1.807) is 16.4 Å². The summed E-state index contributed by atoms with van der Waals surface area (Å²) in [6.45, 7) is 0. The summed E-state index contributed by atoms with van der Waals surface area (Å²) in [5.74, 6) is 0.677. The topological polar surface area (TPSA) is 44.8 Å². The van der Waals surface area contributed by atoms with Crippen LogP contribution in [0, 0.1) is 0 Å². The molecule has 0 aliphatic rings. The first-order valence-corrected chi connectivity index (χ1v) is 6.56. The summed E-state index contributed by atoms with van der Waals surface area (Å²) >= 11 is 5.88. The van der Waals surface area contributed by atoms with E-state index in [-0.39, 0.29) is 5.69 Å². The zero-order chi connectivity index (χ0) is 14.1. The molecule has 20 heavy (non-hydrogen) atoms. The monoisotopic (exact) mass is 288 g/mol. The molecule has 0 spiro atoms. The van der Waals surface area contributed by atoms with Crippen LogP contribution in [-0.2, 0) is 13.5 Å². The summed E-state index contributed by atoms with van der Waals surface area (Å²) in [6.07, 6.45) is 4.19. The molecule has 102 valence electrons. The minimum Gasteiger partial charge on any atom is -0.258 e. The van der Waals surface area contributed by atoms with Gasteiger partial charge in [-0.2, -0.15) is 9.77 Å². The van der Waals surface area contributed by atoms with Crippen LogP contribution in [0.1, 0.15) is 11.4 Å². The van der Waals surface area contributed by atoms with Crippen LogP contribution in [0.2, 0.25) is 5.02 Å². The molecule has 5 nitrogen and oxygen atoms in total.